The van der Waals surface area contributed by atoms with Gasteiger partial charge in [-0.05, 0) is 48.7 Å². The molecule has 0 aliphatic rings. The van der Waals surface area contributed by atoms with Gasteiger partial charge in [0.1, 0.15) is 5.75 Å². The van der Waals surface area contributed by atoms with Crippen LogP contribution in [0.4, 0.5) is 0 Å². The molecular formula is C23H34N4O3S. The number of aliphatic imine (C=N–C) groups is 1. The van der Waals surface area contributed by atoms with Crippen molar-refractivity contribution in [3.8, 4) is 5.75 Å². The Hall–Kier alpha value is -2.58. The Morgan fingerprint density at radius 1 is 1.00 bits per heavy atom. The molecule has 3 N–H and O–H groups in total. The first-order valence-electron chi connectivity index (χ1n) is 10.4. The summed E-state index contributed by atoms with van der Waals surface area (Å²) in [5.74, 6) is 2.03. The van der Waals surface area contributed by atoms with Crippen LogP contribution in [-0.2, 0) is 22.3 Å². The smallest absolute Gasteiger partial charge is 0.215 e. The third kappa shape index (κ3) is 8.59. The van der Waals surface area contributed by atoms with Crippen molar-refractivity contribution in [3.63, 3.8) is 0 Å². The molecular weight excluding hydrogens is 412 g/mol. The van der Waals surface area contributed by atoms with Crippen LogP contribution in [0.5, 0.6) is 5.75 Å². The minimum Gasteiger partial charge on any atom is -0.493 e. The van der Waals surface area contributed by atoms with E-state index in [1.165, 1.54) is 7.05 Å². The summed E-state index contributed by atoms with van der Waals surface area (Å²) in [7, 11) is -0.116. The molecule has 0 radical (unpaired) electrons. The summed E-state index contributed by atoms with van der Waals surface area (Å²) < 4.78 is 31.4. The minimum absolute atomic E-state index is 0.0285. The van der Waals surface area contributed by atoms with E-state index in [4.69, 9.17) is 4.74 Å². The number of hydrogen-bond acceptors (Lipinski definition) is 4. The second-order valence-electron chi connectivity index (χ2n) is 7.85. The first kappa shape index (κ1) is 24.7. The number of guanidine groups is 1. The van der Waals surface area contributed by atoms with Crippen LogP contribution in [0, 0.1) is 5.92 Å². The van der Waals surface area contributed by atoms with Gasteiger partial charge in [0.15, 0.2) is 5.96 Å². The van der Waals surface area contributed by atoms with E-state index in [2.05, 4.69) is 53.3 Å². The largest absolute Gasteiger partial charge is 0.493 e. The molecule has 1 atom stereocenters. The standard InChI is InChI=1S/C23H34N4O3S/c1-17(2)15-30-22-12-10-21(11-13-22)18(3)27-23(24-4)26-14-19-6-8-20(9-7-19)16-31(28,29)25-5/h6-13,17-18,25H,14-16H2,1-5H3,(H2,24,26,27). The number of benzene rings is 2. The van der Waals surface area contributed by atoms with Gasteiger partial charge in [0, 0.05) is 13.6 Å². The summed E-state index contributed by atoms with van der Waals surface area (Å²) in [6, 6.07) is 15.6. The van der Waals surface area contributed by atoms with E-state index < -0.39 is 10.0 Å². The number of ether oxygens (including phenoxy) is 1. The van der Waals surface area contributed by atoms with Gasteiger partial charge in [-0.2, -0.15) is 0 Å². The van der Waals surface area contributed by atoms with Crippen LogP contribution in [0.1, 0.15) is 43.5 Å². The number of hydrogen-bond donors (Lipinski definition) is 3. The van der Waals surface area contributed by atoms with E-state index in [0.717, 1.165) is 22.4 Å². The topological polar surface area (TPSA) is 91.8 Å². The molecule has 170 valence electrons. The molecule has 0 saturated carbocycles. The summed E-state index contributed by atoms with van der Waals surface area (Å²) in [6.07, 6.45) is 0. The Balaban J connectivity index is 1.87. The average Bonchev–Trinajstić information content (AvgIpc) is 2.76. The zero-order valence-corrected chi connectivity index (χ0v) is 19.8. The van der Waals surface area contributed by atoms with Crippen molar-refractivity contribution in [2.24, 2.45) is 10.9 Å². The van der Waals surface area contributed by atoms with Gasteiger partial charge in [-0.25, -0.2) is 13.1 Å². The highest BCUT2D eigenvalue weighted by Crippen LogP contribution is 2.18. The van der Waals surface area contributed by atoms with Crippen LogP contribution in [0.15, 0.2) is 53.5 Å². The molecule has 0 bridgehead atoms. The van der Waals surface area contributed by atoms with Crippen LogP contribution >= 0.6 is 0 Å². The number of nitrogens with one attached hydrogen (secondary N) is 3. The van der Waals surface area contributed by atoms with Crippen molar-refractivity contribution >= 4 is 16.0 Å². The van der Waals surface area contributed by atoms with Crippen LogP contribution in [-0.4, -0.2) is 35.1 Å². The molecule has 7 nitrogen and oxygen atoms in total. The van der Waals surface area contributed by atoms with Crippen molar-refractivity contribution in [2.45, 2.75) is 39.1 Å². The molecule has 0 aliphatic heterocycles. The van der Waals surface area contributed by atoms with Crippen LogP contribution in [0.2, 0.25) is 0 Å². The molecule has 31 heavy (non-hydrogen) atoms. The Morgan fingerprint density at radius 3 is 2.16 bits per heavy atom. The van der Waals surface area contributed by atoms with Gasteiger partial charge in [0.25, 0.3) is 0 Å². The molecule has 1 unspecified atom stereocenters. The van der Waals surface area contributed by atoms with Gasteiger partial charge in [-0.1, -0.05) is 50.2 Å². The molecule has 0 spiro atoms. The second kappa shape index (κ2) is 11.7. The monoisotopic (exact) mass is 446 g/mol. The van der Waals surface area contributed by atoms with Gasteiger partial charge in [0.05, 0.1) is 18.4 Å². The maximum atomic E-state index is 11.7. The van der Waals surface area contributed by atoms with Crippen LogP contribution < -0.4 is 20.1 Å². The maximum absolute atomic E-state index is 11.7. The average molecular weight is 447 g/mol. The number of sulfonamides is 1. The zero-order valence-electron chi connectivity index (χ0n) is 19.0. The fraction of sp³-hybridized carbons (Fsp3) is 0.435. The van der Waals surface area contributed by atoms with Gasteiger partial charge < -0.3 is 15.4 Å². The van der Waals surface area contributed by atoms with Gasteiger partial charge in [0.2, 0.25) is 10.0 Å². The van der Waals surface area contributed by atoms with E-state index in [-0.39, 0.29) is 11.8 Å². The second-order valence-corrected chi connectivity index (χ2v) is 9.77. The predicted octanol–water partition coefficient (Wildman–Crippen LogP) is 3.20. The molecule has 2 rings (SSSR count). The summed E-state index contributed by atoms with van der Waals surface area (Å²) in [6.45, 7) is 7.61. The third-order valence-corrected chi connectivity index (χ3v) is 6.03. The predicted molar refractivity (Wildman–Crippen MR) is 127 cm³/mol. The van der Waals surface area contributed by atoms with Gasteiger partial charge >= 0.3 is 0 Å². The van der Waals surface area contributed by atoms with E-state index in [9.17, 15) is 8.42 Å². The summed E-state index contributed by atoms with van der Waals surface area (Å²) >= 11 is 0. The van der Waals surface area contributed by atoms with Crippen molar-refractivity contribution in [1.29, 1.82) is 0 Å². The Morgan fingerprint density at radius 2 is 1.61 bits per heavy atom. The number of nitrogens with zero attached hydrogens (tertiary/aromatic N) is 1. The molecule has 0 amide bonds. The van der Waals surface area contributed by atoms with Gasteiger partial charge in [-0.3, -0.25) is 4.99 Å². The van der Waals surface area contributed by atoms with Crippen molar-refractivity contribution in [1.82, 2.24) is 15.4 Å². The lowest BCUT2D eigenvalue weighted by molar-refractivity contribution is 0.271. The Labute approximate surface area is 186 Å². The van der Waals surface area contributed by atoms with Crippen molar-refractivity contribution < 1.29 is 13.2 Å². The van der Waals surface area contributed by atoms with Crippen LogP contribution in [0.3, 0.4) is 0 Å². The van der Waals surface area contributed by atoms with E-state index in [1.807, 2.05) is 36.4 Å². The van der Waals surface area contributed by atoms with Crippen LogP contribution in [0.25, 0.3) is 0 Å². The summed E-state index contributed by atoms with van der Waals surface area (Å²) in [4.78, 5) is 4.29. The minimum atomic E-state index is -3.27. The van der Waals surface area contributed by atoms with E-state index in [0.29, 0.717) is 25.0 Å². The molecule has 0 aliphatic carbocycles. The lowest BCUT2D eigenvalue weighted by Crippen LogP contribution is -2.38. The molecule has 0 heterocycles. The Bertz CT molecular complexity index is 940. The number of rotatable bonds is 10. The summed E-state index contributed by atoms with van der Waals surface area (Å²) in [5.41, 5.74) is 2.91. The fourth-order valence-corrected chi connectivity index (χ4v) is 3.60. The quantitative estimate of drug-likeness (QED) is 0.385. The lowest BCUT2D eigenvalue weighted by Gasteiger charge is -2.19. The highest BCUT2D eigenvalue weighted by molar-refractivity contribution is 7.88. The molecule has 0 fully saturated rings. The maximum Gasteiger partial charge on any atom is 0.215 e. The van der Waals surface area contributed by atoms with E-state index in [1.54, 1.807) is 7.05 Å². The highest BCUT2D eigenvalue weighted by Gasteiger charge is 2.10. The van der Waals surface area contributed by atoms with E-state index >= 15 is 0 Å². The lowest BCUT2D eigenvalue weighted by atomic mass is 10.1. The molecule has 0 saturated heterocycles. The first-order valence-corrected chi connectivity index (χ1v) is 12.1. The van der Waals surface area contributed by atoms with Crippen molar-refractivity contribution in [2.75, 3.05) is 20.7 Å². The third-order valence-electron chi connectivity index (χ3n) is 4.69. The molecule has 0 aromatic heterocycles. The zero-order chi connectivity index (χ0) is 22.9. The molecule has 2 aromatic rings. The summed E-state index contributed by atoms with van der Waals surface area (Å²) in [5, 5.41) is 6.68. The fourth-order valence-electron chi connectivity index (χ4n) is 2.83. The SMILES string of the molecule is CN=C(NCc1ccc(CS(=O)(=O)NC)cc1)NC(C)c1ccc(OCC(C)C)cc1. The highest BCUT2D eigenvalue weighted by atomic mass is 32.2. The molecule has 8 heteroatoms. The molecule has 2 aromatic carbocycles. The first-order chi connectivity index (χ1) is 14.7. The van der Waals surface area contributed by atoms with Crippen molar-refractivity contribution in [3.05, 3.63) is 65.2 Å². The Kier molecular flexibility index (Phi) is 9.33. The van der Waals surface area contributed by atoms with Gasteiger partial charge in [-0.15, -0.1) is 0 Å². The normalized spacial score (nSPS) is 13.2.